The lowest BCUT2D eigenvalue weighted by Gasteiger charge is -2.46. The monoisotopic (exact) mass is 197 g/mol. The third-order valence-corrected chi connectivity index (χ3v) is 4.44. The molecule has 2 heterocycles. The number of nitrogens with zero attached hydrogens (tertiary/aromatic N) is 1. The Labute approximate surface area is 87.0 Å². The molecule has 2 saturated heterocycles. The maximum absolute atomic E-state index is 5.91. The molecule has 2 aliphatic rings. The van der Waals surface area contributed by atoms with Crippen LogP contribution < -0.4 is 11.1 Å². The number of nitrogens with one attached hydrogen (secondary N) is 1. The minimum atomic E-state index is 0.509. The molecular weight excluding hydrogens is 174 g/mol. The zero-order valence-electron chi connectivity index (χ0n) is 9.42. The standard InChI is InChI=1S/C11H23N3/c1-9-6-13-7-10(5-12)11(9)3-4-14(2)8-11/h9-10,13H,3-8,12H2,1-2H3. The molecule has 0 saturated carbocycles. The van der Waals surface area contributed by atoms with Crippen molar-refractivity contribution < 1.29 is 0 Å². The molecule has 0 radical (unpaired) electrons. The Hall–Kier alpha value is -0.120. The van der Waals surface area contributed by atoms with Gasteiger partial charge in [-0.15, -0.1) is 0 Å². The second-order valence-electron chi connectivity index (χ2n) is 5.21. The first-order chi connectivity index (χ1) is 6.69. The molecule has 0 aromatic rings. The van der Waals surface area contributed by atoms with Gasteiger partial charge in [0.2, 0.25) is 0 Å². The summed E-state index contributed by atoms with van der Waals surface area (Å²) >= 11 is 0. The van der Waals surface area contributed by atoms with Crippen molar-refractivity contribution >= 4 is 0 Å². The van der Waals surface area contributed by atoms with E-state index < -0.39 is 0 Å². The third-order valence-electron chi connectivity index (χ3n) is 4.44. The van der Waals surface area contributed by atoms with E-state index in [1.165, 1.54) is 26.1 Å². The van der Waals surface area contributed by atoms with Gasteiger partial charge in [-0.2, -0.15) is 0 Å². The van der Waals surface area contributed by atoms with Crippen molar-refractivity contribution in [3.63, 3.8) is 0 Å². The summed E-state index contributed by atoms with van der Waals surface area (Å²) in [5, 5.41) is 3.50. The Balaban J connectivity index is 2.18. The number of piperidine rings is 1. The van der Waals surface area contributed by atoms with Crippen LogP contribution in [0.25, 0.3) is 0 Å². The summed E-state index contributed by atoms with van der Waals surface area (Å²) in [4.78, 5) is 2.46. The summed E-state index contributed by atoms with van der Waals surface area (Å²) in [6, 6.07) is 0. The van der Waals surface area contributed by atoms with Gasteiger partial charge in [0.15, 0.2) is 0 Å². The minimum absolute atomic E-state index is 0.509. The lowest BCUT2D eigenvalue weighted by atomic mass is 9.64. The molecule has 0 amide bonds. The van der Waals surface area contributed by atoms with E-state index in [-0.39, 0.29) is 0 Å². The van der Waals surface area contributed by atoms with Crippen LogP contribution in [0.5, 0.6) is 0 Å². The highest BCUT2D eigenvalue weighted by Crippen LogP contribution is 2.45. The van der Waals surface area contributed by atoms with Crippen molar-refractivity contribution in [3.8, 4) is 0 Å². The van der Waals surface area contributed by atoms with E-state index in [4.69, 9.17) is 5.73 Å². The van der Waals surface area contributed by atoms with Gasteiger partial charge in [0.25, 0.3) is 0 Å². The summed E-state index contributed by atoms with van der Waals surface area (Å²) in [5.74, 6) is 1.45. The van der Waals surface area contributed by atoms with Gasteiger partial charge in [0.1, 0.15) is 0 Å². The van der Waals surface area contributed by atoms with E-state index in [1.807, 2.05) is 0 Å². The topological polar surface area (TPSA) is 41.3 Å². The van der Waals surface area contributed by atoms with Crippen molar-refractivity contribution in [1.29, 1.82) is 0 Å². The second-order valence-corrected chi connectivity index (χ2v) is 5.21. The van der Waals surface area contributed by atoms with Crippen LogP contribution in [0.4, 0.5) is 0 Å². The molecule has 82 valence electrons. The number of rotatable bonds is 1. The Kier molecular flexibility index (Phi) is 2.82. The van der Waals surface area contributed by atoms with Crippen LogP contribution in [0, 0.1) is 17.3 Å². The second kappa shape index (κ2) is 3.80. The van der Waals surface area contributed by atoms with E-state index in [9.17, 15) is 0 Å². The predicted molar refractivity (Wildman–Crippen MR) is 59.1 cm³/mol. The average molecular weight is 197 g/mol. The number of hydrogen-bond acceptors (Lipinski definition) is 3. The maximum Gasteiger partial charge on any atom is 0.00421 e. The van der Waals surface area contributed by atoms with Gasteiger partial charge in [0.05, 0.1) is 0 Å². The smallest absolute Gasteiger partial charge is 0.00421 e. The fourth-order valence-electron chi connectivity index (χ4n) is 3.40. The molecule has 3 atom stereocenters. The molecule has 2 aliphatic heterocycles. The first kappa shape index (κ1) is 10.4. The summed E-state index contributed by atoms with van der Waals surface area (Å²) in [6.45, 7) is 8.01. The number of hydrogen-bond donors (Lipinski definition) is 2. The van der Waals surface area contributed by atoms with Crippen LogP contribution in [-0.2, 0) is 0 Å². The molecule has 14 heavy (non-hydrogen) atoms. The molecule has 0 aromatic carbocycles. The first-order valence-corrected chi connectivity index (χ1v) is 5.78. The molecule has 0 aliphatic carbocycles. The normalized spacial score (nSPS) is 44.8. The van der Waals surface area contributed by atoms with E-state index in [0.29, 0.717) is 11.3 Å². The van der Waals surface area contributed by atoms with Crippen molar-refractivity contribution in [2.45, 2.75) is 13.3 Å². The zero-order valence-corrected chi connectivity index (χ0v) is 9.42. The molecule has 0 aromatic heterocycles. The zero-order chi connectivity index (χ0) is 10.2. The molecule has 3 N–H and O–H groups in total. The van der Waals surface area contributed by atoms with Gasteiger partial charge in [0, 0.05) is 6.54 Å². The summed E-state index contributed by atoms with van der Waals surface area (Å²) < 4.78 is 0. The SMILES string of the molecule is CC1CNCC(CN)C12CCN(C)C2. The third kappa shape index (κ3) is 1.47. The van der Waals surface area contributed by atoms with E-state index in [0.717, 1.165) is 19.0 Å². The fraction of sp³-hybridized carbons (Fsp3) is 1.00. The lowest BCUT2D eigenvalue weighted by Crippen LogP contribution is -2.54. The average Bonchev–Trinajstić information content (AvgIpc) is 2.55. The van der Waals surface area contributed by atoms with Gasteiger partial charge in [-0.25, -0.2) is 0 Å². The van der Waals surface area contributed by atoms with Gasteiger partial charge in [-0.05, 0) is 56.9 Å². The Morgan fingerprint density at radius 3 is 2.86 bits per heavy atom. The Morgan fingerprint density at radius 1 is 1.50 bits per heavy atom. The van der Waals surface area contributed by atoms with Gasteiger partial charge in [-0.1, -0.05) is 6.92 Å². The molecule has 3 heteroatoms. The quantitative estimate of drug-likeness (QED) is 0.627. The highest BCUT2D eigenvalue weighted by Gasteiger charge is 2.48. The van der Waals surface area contributed by atoms with Crippen LogP contribution in [0.1, 0.15) is 13.3 Å². The van der Waals surface area contributed by atoms with Gasteiger partial charge in [-0.3, -0.25) is 0 Å². The molecule has 1 spiro atoms. The summed E-state index contributed by atoms with van der Waals surface area (Å²) in [6.07, 6.45) is 1.34. The lowest BCUT2D eigenvalue weighted by molar-refractivity contribution is 0.0614. The molecule has 2 rings (SSSR count). The van der Waals surface area contributed by atoms with Crippen molar-refractivity contribution in [1.82, 2.24) is 10.2 Å². The van der Waals surface area contributed by atoms with Crippen LogP contribution in [0.2, 0.25) is 0 Å². The van der Waals surface area contributed by atoms with Crippen LogP contribution in [0.15, 0.2) is 0 Å². The fourth-order valence-corrected chi connectivity index (χ4v) is 3.40. The van der Waals surface area contributed by atoms with Gasteiger partial charge < -0.3 is 16.0 Å². The van der Waals surface area contributed by atoms with Crippen molar-refractivity contribution in [3.05, 3.63) is 0 Å². The predicted octanol–water partition coefficient (Wildman–Crippen LogP) is 0.123. The van der Waals surface area contributed by atoms with E-state index in [1.54, 1.807) is 0 Å². The summed E-state index contributed by atoms with van der Waals surface area (Å²) in [7, 11) is 2.23. The first-order valence-electron chi connectivity index (χ1n) is 5.78. The van der Waals surface area contributed by atoms with Crippen molar-refractivity contribution in [2.75, 3.05) is 39.8 Å². The molecule has 2 fully saturated rings. The summed E-state index contributed by atoms with van der Waals surface area (Å²) in [5.41, 5.74) is 6.42. The van der Waals surface area contributed by atoms with E-state index in [2.05, 4.69) is 24.2 Å². The Morgan fingerprint density at radius 2 is 2.29 bits per heavy atom. The molecular formula is C11H23N3. The van der Waals surface area contributed by atoms with Crippen molar-refractivity contribution in [2.24, 2.45) is 23.0 Å². The van der Waals surface area contributed by atoms with Crippen LogP contribution in [-0.4, -0.2) is 44.7 Å². The van der Waals surface area contributed by atoms with E-state index >= 15 is 0 Å². The number of nitrogens with two attached hydrogens (primary N) is 1. The molecule has 3 nitrogen and oxygen atoms in total. The highest BCUT2D eigenvalue weighted by atomic mass is 15.1. The van der Waals surface area contributed by atoms with Gasteiger partial charge >= 0.3 is 0 Å². The van der Waals surface area contributed by atoms with Crippen LogP contribution in [0.3, 0.4) is 0 Å². The maximum atomic E-state index is 5.91. The molecule has 0 bridgehead atoms. The minimum Gasteiger partial charge on any atom is -0.330 e. The Bertz CT molecular complexity index is 207. The molecule has 3 unspecified atom stereocenters. The number of likely N-dealkylation sites (tertiary alicyclic amines) is 1. The highest BCUT2D eigenvalue weighted by molar-refractivity contribution is 5.01. The van der Waals surface area contributed by atoms with Crippen LogP contribution >= 0.6 is 0 Å². The largest absolute Gasteiger partial charge is 0.330 e.